The zero-order valence-corrected chi connectivity index (χ0v) is 18.7. The van der Waals surface area contributed by atoms with Crippen LogP contribution in [-0.2, 0) is 11.3 Å². The number of benzene rings is 1. The molecule has 32 heavy (non-hydrogen) atoms. The van der Waals surface area contributed by atoms with Gasteiger partial charge in [0, 0.05) is 42.8 Å². The predicted molar refractivity (Wildman–Crippen MR) is 119 cm³/mol. The van der Waals surface area contributed by atoms with Crippen molar-refractivity contribution in [2.45, 2.75) is 46.4 Å². The summed E-state index contributed by atoms with van der Waals surface area (Å²) in [5.74, 6) is -0.662. The molecule has 2 atom stereocenters. The van der Waals surface area contributed by atoms with E-state index in [4.69, 9.17) is 9.26 Å². The number of aromatic nitrogens is 2. The fourth-order valence-corrected chi connectivity index (χ4v) is 4.16. The van der Waals surface area contributed by atoms with Crippen molar-refractivity contribution in [2.75, 3.05) is 18.0 Å². The lowest BCUT2D eigenvalue weighted by Gasteiger charge is -2.37. The van der Waals surface area contributed by atoms with E-state index in [1.165, 1.54) is 6.26 Å². The monoisotopic (exact) mass is 438 g/mol. The summed E-state index contributed by atoms with van der Waals surface area (Å²) < 4.78 is 26.2. The Morgan fingerprint density at radius 2 is 1.97 bits per heavy atom. The summed E-state index contributed by atoms with van der Waals surface area (Å²) in [6.45, 7) is 9.07. The lowest BCUT2D eigenvalue weighted by Crippen LogP contribution is -2.45. The largest absolute Gasteiger partial charge is 0.372 e. The zero-order valence-electron chi connectivity index (χ0n) is 18.7. The Bertz CT molecular complexity index is 1120. The molecule has 3 aromatic rings. The molecule has 0 radical (unpaired) electrons. The molecule has 4 rings (SSSR count). The highest BCUT2D eigenvalue weighted by Crippen LogP contribution is 2.33. The number of morpholine rings is 1. The minimum absolute atomic E-state index is 0.0454. The molecule has 8 heteroatoms. The van der Waals surface area contributed by atoms with Crippen LogP contribution in [0.5, 0.6) is 0 Å². The standard InChI is InChI=1S/C24H27FN4O3/c1-14-7-18(5-6-26-14)23-19(10-27-24(30)21-13-31-28-17(21)4)8-20(9-22(23)25)29-11-15(2)32-16(3)12-29/h5-9,13,15-16H,10-12H2,1-4H3,(H,27,30)/t15-,16+. The number of carbonyl (C=O) groups excluding carboxylic acids is 1. The summed E-state index contributed by atoms with van der Waals surface area (Å²) in [5, 5.41) is 6.63. The van der Waals surface area contributed by atoms with Crippen LogP contribution in [0.2, 0.25) is 0 Å². The van der Waals surface area contributed by atoms with Gasteiger partial charge in [0.15, 0.2) is 0 Å². The number of hydrogen-bond donors (Lipinski definition) is 1. The first-order valence-electron chi connectivity index (χ1n) is 10.7. The SMILES string of the molecule is Cc1cc(-c2c(F)cc(N3C[C@@H](C)O[C@@H](C)C3)cc2CNC(=O)c2conc2C)ccn1. The minimum atomic E-state index is -0.342. The molecule has 2 aromatic heterocycles. The van der Waals surface area contributed by atoms with Crippen molar-refractivity contribution in [1.29, 1.82) is 0 Å². The fraction of sp³-hybridized carbons (Fsp3) is 0.375. The number of carbonyl (C=O) groups is 1. The van der Waals surface area contributed by atoms with Gasteiger partial charge in [-0.25, -0.2) is 4.39 Å². The molecule has 1 aliphatic rings. The van der Waals surface area contributed by atoms with Gasteiger partial charge in [0.2, 0.25) is 0 Å². The molecular weight excluding hydrogens is 411 g/mol. The van der Waals surface area contributed by atoms with Crippen LogP contribution in [0.25, 0.3) is 11.1 Å². The van der Waals surface area contributed by atoms with Crippen molar-refractivity contribution in [1.82, 2.24) is 15.5 Å². The third-order valence-corrected chi connectivity index (χ3v) is 5.56. The van der Waals surface area contributed by atoms with Gasteiger partial charge < -0.3 is 19.5 Å². The van der Waals surface area contributed by atoms with Gasteiger partial charge in [-0.15, -0.1) is 0 Å². The van der Waals surface area contributed by atoms with E-state index in [1.807, 2.05) is 32.9 Å². The van der Waals surface area contributed by atoms with Crippen LogP contribution in [-0.4, -0.2) is 41.3 Å². The van der Waals surface area contributed by atoms with Gasteiger partial charge in [-0.3, -0.25) is 9.78 Å². The first-order valence-corrected chi connectivity index (χ1v) is 10.7. The molecule has 0 bridgehead atoms. The van der Waals surface area contributed by atoms with E-state index in [9.17, 15) is 4.79 Å². The number of nitrogens with zero attached hydrogens (tertiary/aromatic N) is 3. The van der Waals surface area contributed by atoms with Gasteiger partial charge in [0.1, 0.15) is 17.6 Å². The summed E-state index contributed by atoms with van der Waals surface area (Å²) in [6, 6.07) is 7.12. The van der Waals surface area contributed by atoms with Crippen molar-refractivity contribution >= 4 is 11.6 Å². The topological polar surface area (TPSA) is 80.5 Å². The normalized spacial score (nSPS) is 18.6. The van der Waals surface area contributed by atoms with E-state index in [-0.39, 0.29) is 30.5 Å². The lowest BCUT2D eigenvalue weighted by atomic mass is 9.97. The molecule has 0 spiro atoms. The highest BCUT2D eigenvalue weighted by Gasteiger charge is 2.25. The third kappa shape index (κ3) is 4.65. The Morgan fingerprint density at radius 3 is 2.62 bits per heavy atom. The number of hydrogen-bond acceptors (Lipinski definition) is 6. The molecule has 1 aliphatic heterocycles. The zero-order chi connectivity index (χ0) is 22.8. The highest BCUT2D eigenvalue weighted by molar-refractivity contribution is 5.94. The van der Waals surface area contributed by atoms with Crippen molar-refractivity contribution in [3.05, 3.63) is 65.1 Å². The molecule has 1 saturated heterocycles. The van der Waals surface area contributed by atoms with Crippen LogP contribution in [0.1, 0.15) is 41.2 Å². The van der Waals surface area contributed by atoms with Gasteiger partial charge in [-0.05, 0) is 63.1 Å². The van der Waals surface area contributed by atoms with Gasteiger partial charge in [0.05, 0.1) is 17.9 Å². The second kappa shape index (κ2) is 9.08. The van der Waals surface area contributed by atoms with Crippen molar-refractivity contribution in [3.8, 4) is 11.1 Å². The van der Waals surface area contributed by atoms with Crippen LogP contribution in [0, 0.1) is 19.7 Å². The summed E-state index contributed by atoms with van der Waals surface area (Å²) in [7, 11) is 0. The highest BCUT2D eigenvalue weighted by atomic mass is 19.1. The smallest absolute Gasteiger partial charge is 0.256 e. The maximum absolute atomic E-state index is 15.5. The van der Waals surface area contributed by atoms with E-state index in [2.05, 4.69) is 20.4 Å². The first kappa shape index (κ1) is 22.0. The summed E-state index contributed by atoms with van der Waals surface area (Å²) >= 11 is 0. The number of aryl methyl sites for hydroxylation is 2. The van der Waals surface area contributed by atoms with E-state index in [0.29, 0.717) is 35.5 Å². The molecule has 1 aromatic carbocycles. The average Bonchev–Trinajstić information content (AvgIpc) is 3.17. The molecular formula is C24H27FN4O3. The number of rotatable bonds is 5. The maximum atomic E-state index is 15.5. The summed E-state index contributed by atoms with van der Waals surface area (Å²) in [4.78, 5) is 19.0. The van der Waals surface area contributed by atoms with Crippen LogP contribution in [0.15, 0.2) is 41.2 Å². The number of amides is 1. The number of halogens is 1. The molecule has 0 saturated carbocycles. The molecule has 168 valence electrons. The van der Waals surface area contributed by atoms with Crippen molar-refractivity contribution in [3.63, 3.8) is 0 Å². The van der Waals surface area contributed by atoms with E-state index in [0.717, 1.165) is 16.9 Å². The summed E-state index contributed by atoms with van der Waals surface area (Å²) in [6.07, 6.45) is 3.06. The molecule has 3 heterocycles. The van der Waals surface area contributed by atoms with Crippen molar-refractivity contribution in [2.24, 2.45) is 0 Å². The average molecular weight is 439 g/mol. The Labute approximate surface area is 186 Å². The van der Waals surface area contributed by atoms with Crippen LogP contribution in [0.3, 0.4) is 0 Å². The second-order valence-corrected chi connectivity index (χ2v) is 8.31. The Hall–Kier alpha value is -3.26. The molecule has 0 unspecified atom stereocenters. The number of ether oxygens (including phenoxy) is 1. The predicted octanol–water partition coefficient (Wildman–Crippen LogP) is 4.04. The Balaban J connectivity index is 1.71. The molecule has 1 amide bonds. The number of anilines is 1. The second-order valence-electron chi connectivity index (χ2n) is 8.31. The quantitative estimate of drug-likeness (QED) is 0.648. The van der Waals surface area contributed by atoms with Gasteiger partial charge in [-0.1, -0.05) is 5.16 Å². The molecule has 1 N–H and O–H groups in total. The minimum Gasteiger partial charge on any atom is -0.372 e. The van der Waals surface area contributed by atoms with Gasteiger partial charge >= 0.3 is 0 Å². The molecule has 0 aliphatic carbocycles. The first-order chi connectivity index (χ1) is 15.3. The van der Waals surface area contributed by atoms with E-state index in [1.54, 1.807) is 25.3 Å². The van der Waals surface area contributed by atoms with Crippen LogP contribution < -0.4 is 10.2 Å². The van der Waals surface area contributed by atoms with Crippen LogP contribution >= 0.6 is 0 Å². The Kier molecular flexibility index (Phi) is 6.23. The van der Waals surface area contributed by atoms with E-state index < -0.39 is 0 Å². The molecule has 7 nitrogen and oxygen atoms in total. The molecule has 1 fully saturated rings. The Morgan fingerprint density at radius 1 is 1.22 bits per heavy atom. The van der Waals surface area contributed by atoms with Gasteiger partial charge in [0.25, 0.3) is 5.91 Å². The summed E-state index contributed by atoms with van der Waals surface area (Å²) in [5.41, 5.74) is 4.27. The third-order valence-electron chi connectivity index (χ3n) is 5.56. The fourth-order valence-electron chi connectivity index (χ4n) is 4.16. The van der Waals surface area contributed by atoms with Crippen molar-refractivity contribution < 1.29 is 18.4 Å². The lowest BCUT2D eigenvalue weighted by molar-refractivity contribution is -0.00523. The number of pyridine rings is 1. The van der Waals surface area contributed by atoms with E-state index >= 15 is 4.39 Å². The van der Waals surface area contributed by atoms with Crippen LogP contribution in [0.4, 0.5) is 10.1 Å². The number of nitrogens with one attached hydrogen (secondary N) is 1. The van der Waals surface area contributed by atoms with Gasteiger partial charge in [-0.2, -0.15) is 0 Å². The maximum Gasteiger partial charge on any atom is 0.256 e.